The monoisotopic (exact) mass is 569 g/mol. The minimum absolute atomic E-state index is 0.0188. The molecule has 3 nitrogen and oxygen atoms in total. The highest BCUT2D eigenvalue weighted by Crippen LogP contribution is 2.40. The number of furan rings is 1. The Kier molecular flexibility index (Phi) is 5.85. The third kappa shape index (κ3) is 4.16. The predicted octanol–water partition coefficient (Wildman–Crippen LogP) is 10.9. The van der Waals surface area contributed by atoms with E-state index in [-0.39, 0.29) is 11.2 Å². The number of carbonyl (C=O) groups excluding carboxylic acids is 1. The first-order chi connectivity index (χ1) is 21.4. The highest BCUT2D eigenvalue weighted by Gasteiger charge is 2.21. The second-order valence-electron chi connectivity index (χ2n) is 12.6. The summed E-state index contributed by atoms with van der Waals surface area (Å²) in [5, 5.41) is 4.55. The van der Waals surface area contributed by atoms with Crippen LogP contribution in [0.5, 0.6) is 0 Å². The van der Waals surface area contributed by atoms with Gasteiger partial charge in [0.25, 0.3) is 0 Å². The highest BCUT2D eigenvalue weighted by atomic mass is 16.3. The summed E-state index contributed by atoms with van der Waals surface area (Å²) in [7, 11) is 0. The normalized spacial score (nSPS) is 12.1. The molecule has 0 aliphatic heterocycles. The number of hydrogen-bond acceptors (Lipinski definition) is 2. The van der Waals surface area contributed by atoms with Gasteiger partial charge in [0.15, 0.2) is 5.78 Å². The minimum atomic E-state index is -0.0944. The first kappa shape index (κ1) is 26.2. The van der Waals surface area contributed by atoms with Gasteiger partial charge in [-0.25, -0.2) is 0 Å². The van der Waals surface area contributed by atoms with Gasteiger partial charge in [-0.15, -0.1) is 0 Å². The van der Waals surface area contributed by atoms with Crippen molar-refractivity contribution >= 4 is 49.5 Å². The number of benzene rings is 6. The molecule has 0 saturated heterocycles. The van der Waals surface area contributed by atoms with Gasteiger partial charge in [-0.05, 0) is 82.8 Å². The number of ketones is 1. The van der Waals surface area contributed by atoms with Gasteiger partial charge in [0.05, 0.1) is 16.4 Å². The van der Waals surface area contributed by atoms with Crippen molar-refractivity contribution in [1.29, 1.82) is 0 Å². The van der Waals surface area contributed by atoms with E-state index in [2.05, 4.69) is 110 Å². The molecule has 44 heavy (non-hydrogen) atoms. The molecule has 8 rings (SSSR count). The Balaban J connectivity index is 1.28. The van der Waals surface area contributed by atoms with Gasteiger partial charge in [-0.3, -0.25) is 4.79 Å². The van der Waals surface area contributed by atoms with E-state index in [0.29, 0.717) is 11.1 Å². The van der Waals surface area contributed by atoms with Crippen LogP contribution in [0.1, 0.15) is 42.3 Å². The number of para-hydroxylation sites is 2. The van der Waals surface area contributed by atoms with Gasteiger partial charge in [-0.2, -0.15) is 0 Å². The summed E-state index contributed by atoms with van der Waals surface area (Å²) in [5.74, 6) is 0.0188. The van der Waals surface area contributed by atoms with Crippen LogP contribution in [-0.2, 0) is 5.41 Å². The number of nitrogens with zero attached hydrogens (tertiary/aromatic N) is 1. The average Bonchev–Trinajstić information content (AvgIpc) is 3.60. The van der Waals surface area contributed by atoms with E-state index in [4.69, 9.17) is 4.42 Å². The molecule has 0 aliphatic rings. The van der Waals surface area contributed by atoms with Gasteiger partial charge < -0.3 is 8.98 Å². The summed E-state index contributed by atoms with van der Waals surface area (Å²) in [6, 6.07) is 45.5. The summed E-state index contributed by atoms with van der Waals surface area (Å²) in [6.07, 6.45) is 0. The first-order valence-corrected chi connectivity index (χ1v) is 15.1. The fraction of sp³-hybridized carbons (Fsp3) is 0.0976. The molecule has 0 atom stereocenters. The molecular weight excluding hydrogens is 538 g/mol. The lowest BCUT2D eigenvalue weighted by Crippen LogP contribution is -2.13. The molecule has 0 unspecified atom stereocenters. The maximum atomic E-state index is 14.0. The topological polar surface area (TPSA) is 35.1 Å². The number of carbonyl (C=O) groups is 1. The van der Waals surface area contributed by atoms with Crippen molar-refractivity contribution in [2.24, 2.45) is 0 Å². The predicted molar refractivity (Wildman–Crippen MR) is 182 cm³/mol. The number of rotatable bonds is 4. The van der Waals surface area contributed by atoms with E-state index in [9.17, 15) is 4.79 Å². The first-order valence-electron chi connectivity index (χ1n) is 15.1. The van der Waals surface area contributed by atoms with Crippen LogP contribution < -0.4 is 0 Å². The molecule has 0 aliphatic carbocycles. The molecule has 8 aromatic rings. The van der Waals surface area contributed by atoms with Crippen LogP contribution in [0.4, 0.5) is 0 Å². The molecule has 3 heteroatoms. The molecule has 0 N–H and O–H groups in total. The van der Waals surface area contributed by atoms with Crippen LogP contribution in [0.3, 0.4) is 0 Å². The minimum Gasteiger partial charge on any atom is -0.456 e. The number of hydrogen-bond donors (Lipinski definition) is 0. The van der Waals surface area contributed by atoms with E-state index in [1.54, 1.807) is 0 Å². The van der Waals surface area contributed by atoms with Crippen LogP contribution in [0.15, 0.2) is 138 Å². The standard InChI is InChI=1S/C41H31NO2/c1-41(2,3)30-24-28(26-11-5-4-6-12-26)23-29(25-30)40(43)27-17-19-31(20-18-27)42-35-15-9-7-13-32(35)33-21-22-37-38(39(33)42)34-14-8-10-16-36(34)44-37/h4-25H,1-3H3. The third-order valence-electron chi connectivity index (χ3n) is 8.73. The van der Waals surface area contributed by atoms with E-state index in [1.165, 1.54) is 10.8 Å². The Morgan fingerprint density at radius 2 is 1.30 bits per heavy atom. The van der Waals surface area contributed by atoms with Crippen LogP contribution >= 0.6 is 0 Å². The molecule has 2 aromatic heterocycles. The number of aromatic nitrogens is 1. The second-order valence-corrected chi connectivity index (χ2v) is 12.6. The molecule has 212 valence electrons. The average molecular weight is 570 g/mol. The fourth-order valence-electron chi connectivity index (χ4n) is 6.45. The Bertz CT molecular complexity index is 2370. The van der Waals surface area contributed by atoms with Crippen molar-refractivity contribution in [2.45, 2.75) is 26.2 Å². The Morgan fingerprint density at radius 1 is 0.591 bits per heavy atom. The van der Waals surface area contributed by atoms with Crippen LogP contribution in [0.25, 0.3) is 60.6 Å². The smallest absolute Gasteiger partial charge is 0.193 e. The van der Waals surface area contributed by atoms with Gasteiger partial charge in [0.1, 0.15) is 11.2 Å². The highest BCUT2D eigenvalue weighted by molar-refractivity contribution is 6.24. The molecule has 0 spiro atoms. The fourth-order valence-corrected chi connectivity index (χ4v) is 6.45. The summed E-state index contributed by atoms with van der Waals surface area (Å²) in [4.78, 5) is 14.0. The summed E-state index contributed by atoms with van der Waals surface area (Å²) < 4.78 is 8.57. The summed E-state index contributed by atoms with van der Waals surface area (Å²) in [6.45, 7) is 6.56. The molecular formula is C41H31NO2. The zero-order chi connectivity index (χ0) is 30.0. The van der Waals surface area contributed by atoms with E-state index in [0.717, 1.165) is 55.3 Å². The van der Waals surface area contributed by atoms with Gasteiger partial charge >= 0.3 is 0 Å². The zero-order valence-corrected chi connectivity index (χ0v) is 25.0. The summed E-state index contributed by atoms with van der Waals surface area (Å²) >= 11 is 0. The molecule has 2 heterocycles. The van der Waals surface area contributed by atoms with Crippen LogP contribution in [0.2, 0.25) is 0 Å². The SMILES string of the molecule is CC(C)(C)c1cc(C(=O)c2ccc(-n3c4ccccc4c4ccc5oc6ccccc6c5c43)cc2)cc(-c2ccccc2)c1. The quantitative estimate of drug-likeness (QED) is 0.198. The maximum absolute atomic E-state index is 14.0. The van der Waals surface area contributed by atoms with Crippen molar-refractivity contribution in [3.8, 4) is 16.8 Å². The van der Waals surface area contributed by atoms with Crippen molar-refractivity contribution in [2.75, 3.05) is 0 Å². The van der Waals surface area contributed by atoms with Crippen molar-refractivity contribution in [1.82, 2.24) is 4.57 Å². The van der Waals surface area contributed by atoms with Gasteiger partial charge in [0, 0.05) is 33.0 Å². The van der Waals surface area contributed by atoms with E-state index >= 15 is 0 Å². The molecule has 0 saturated carbocycles. The van der Waals surface area contributed by atoms with Crippen LogP contribution in [-0.4, -0.2) is 10.4 Å². The second kappa shape index (κ2) is 9.82. The molecule has 6 aromatic carbocycles. The van der Waals surface area contributed by atoms with E-state index < -0.39 is 0 Å². The molecule has 0 fully saturated rings. The molecule has 0 bridgehead atoms. The number of fused-ring (bicyclic) bond motifs is 7. The summed E-state index contributed by atoms with van der Waals surface area (Å²) in [5.41, 5.74) is 9.53. The van der Waals surface area contributed by atoms with Crippen molar-refractivity contribution in [3.63, 3.8) is 0 Å². The molecule has 0 amide bonds. The zero-order valence-electron chi connectivity index (χ0n) is 25.0. The Labute approximate surface area is 256 Å². The molecule has 0 radical (unpaired) electrons. The lowest BCUT2D eigenvalue weighted by Gasteiger charge is -2.21. The van der Waals surface area contributed by atoms with Gasteiger partial charge in [-0.1, -0.05) is 93.6 Å². The van der Waals surface area contributed by atoms with Crippen molar-refractivity contribution in [3.05, 3.63) is 150 Å². The van der Waals surface area contributed by atoms with Gasteiger partial charge in [0.2, 0.25) is 0 Å². The third-order valence-corrected chi connectivity index (χ3v) is 8.73. The Morgan fingerprint density at radius 3 is 2.07 bits per heavy atom. The lowest BCUT2D eigenvalue weighted by molar-refractivity contribution is 0.103. The lowest BCUT2D eigenvalue weighted by atomic mass is 9.83. The Hall–Kier alpha value is -5.41. The largest absolute Gasteiger partial charge is 0.456 e. The van der Waals surface area contributed by atoms with E-state index in [1.807, 2.05) is 48.5 Å². The maximum Gasteiger partial charge on any atom is 0.193 e. The van der Waals surface area contributed by atoms with Crippen LogP contribution in [0, 0.1) is 0 Å². The van der Waals surface area contributed by atoms with Crippen molar-refractivity contribution < 1.29 is 9.21 Å².